The molecule has 0 radical (unpaired) electrons. The fourth-order valence-electron chi connectivity index (χ4n) is 3.25. The first kappa shape index (κ1) is 17.0. The highest BCUT2D eigenvalue weighted by Gasteiger charge is 2.14. The summed E-state index contributed by atoms with van der Waals surface area (Å²) in [6.45, 7) is 2.43. The predicted molar refractivity (Wildman–Crippen MR) is 103 cm³/mol. The van der Waals surface area contributed by atoms with E-state index in [0.717, 1.165) is 24.8 Å². The van der Waals surface area contributed by atoms with Crippen LogP contribution in [-0.4, -0.2) is 22.5 Å². The second-order valence-corrected chi connectivity index (χ2v) is 7.75. The zero-order valence-corrected chi connectivity index (χ0v) is 15.6. The molecule has 7 heteroatoms. The number of rotatable bonds is 5. The molecule has 2 aromatic heterocycles. The van der Waals surface area contributed by atoms with E-state index in [1.54, 1.807) is 13.0 Å². The minimum Gasteiger partial charge on any atom is -0.441 e. The molecule has 0 saturated carbocycles. The zero-order valence-electron chi connectivity index (χ0n) is 14.8. The third-order valence-corrected chi connectivity index (χ3v) is 5.71. The van der Waals surface area contributed by atoms with Gasteiger partial charge in [-0.25, -0.2) is 14.8 Å². The maximum absolute atomic E-state index is 12.0. The molecule has 4 rings (SSSR count). The summed E-state index contributed by atoms with van der Waals surface area (Å²) < 4.78 is 5.48. The smallest absolute Gasteiger partial charge is 0.319 e. The van der Waals surface area contributed by atoms with Crippen LogP contribution < -0.4 is 10.6 Å². The van der Waals surface area contributed by atoms with Gasteiger partial charge >= 0.3 is 6.03 Å². The molecular weight excluding hydrogens is 348 g/mol. The molecule has 0 unspecified atom stereocenters. The monoisotopic (exact) mass is 370 g/mol. The average molecular weight is 370 g/mol. The second kappa shape index (κ2) is 7.45. The number of carbonyl (C=O) groups is 1. The number of aromatic nitrogens is 2. The van der Waals surface area contributed by atoms with Crippen molar-refractivity contribution in [1.29, 1.82) is 0 Å². The molecule has 1 aliphatic carbocycles. The largest absolute Gasteiger partial charge is 0.441 e. The van der Waals surface area contributed by atoms with Crippen LogP contribution in [-0.2, 0) is 19.3 Å². The van der Waals surface area contributed by atoms with Gasteiger partial charge in [-0.15, -0.1) is 11.3 Å². The summed E-state index contributed by atoms with van der Waals surface area (Å²) in [6, 6.07) is 5.24. The van der Waals surface area contributed by atoms with Gasteiger partial charge in [0.2, 0.25) is 0 Å². The molecule has 0 spiro atoms. The number of carbonyl (C=O) groups excluding carboxylic acids is 1. The van der Waals surface area contributed by atoms with E-state index in [-0.39, 0.29) is 6.03 Å². The number of urea groups is 1. The van der Waals surface area contributed by atoms with Gasteiger partial charge in [-0.05, 0) is 44.2 Å². The van der Waals surface area contributed by atoms with Gasteiger partial charge in [0, 0.05) is 36.5 Å². The van der Waals surface area contributed by atoms with Gasteiger partial charge in [0.05, 0.1) is 10.7 Å². The van der Waals surface area contributed by atoms with E-state index in [1.165, 1.54) is 34.8 Å². The molecule has 136 valence electrons. The van der Waals surface area contributed by atoms with Crippen molar-refractivity contribution in [2.24, 2.45) is 0 Å². The van der Waals surface area contributed by atoms with Crippen LogP contribution in [0, 0.1) is 6.92 Å². The standard InChI is InChI=1S/C19H22N4O2S/c1-12-21-14-9-8-13(11-16(14)25-12)22-19(24)20-10-4-7-18-23-15-5-2-3-6-17(15)26-18/h8-9,11H,2-7,10H2,1H3,(H2,20,22,24). The Labute approximate surface area is 156 Å². The lowest BCUT2D eigenvalue weighted by atomic mass is 10.0. The number of amides is 2. The number of fused-ring (bicyclic) bond motifs is 2. The van der Waals surface area contributed by atoms with E-state index in [2.05, 4.69) is 15.6 Å². The molecule has 2 heterocycles. The first-order valence-electron chi connectivity index (χ1n) is 9.07. The maximum atomic E-state index is 12.0. The van der Waals surface area contributed by atoms with Crippen molar-refractivity contribution in [3.05, 3.63) is 39.7 Å². The Hall–Kier alpha value is -2.41. The SMILES string of the molecule is Cc1nc2ccc(NC(=O)NCCCc3nc4c(s3)CCCC4)cc2o1. The Morgan fingerprint density at radius 1 is 1.27 bits per heavy atom. The number of anilines is 1. The van der Waals surface area contributed by atoms with Crippen molar-refractivity contribution >= 4 is 34.2 Å². The number of hydrogen-bond donors (Lipinski definition) is 2. The van der Waals surface area contributed by atoms with Crippen molar-refractivity contribution in [1.82, 2.24) is 15.3 Å². The van der Waals surface area contributed by atoms with E-state index in [9.17, 15) is 4.79 Å². The van der Waals surface area contributed by atoms with Gasteiger partial charge in [0.15, 0.2) is 11.5 Å². The van der Waals surface area contributed by atoms with Crippen molar-refractivity contribution in [2.75, 3.05) is 11.9 Å². The Balaban J connectivity index is 1.24. The molecule has 0 atom stereocenters. The number of thiazole rings is 1. The molecule has 0 bridgehead atoms. The Kier molecular flexibility index (Phi) is 4.88. The summed E-state index contributed by atoms with van der Waals surface area (Å²) in [5.41, 5.74) is 3.46. The number of nitrogens with zero attached hydrogens (tertiary/aromatic N) is 2. The van der Waals surface area contributed by atoms with Gasteiger partial charge in [-0.1, -0.05) is 0 Å². The number of aryl methyl sites for hydroxylation is 4. The van der Waals surface area contributed by atoms with Crippen molar-refractivity contribution in [3.63, 3.8) is 0 Å². The number of benzene rings is 1. The molecule has 2 N–H and O–H groups in total. The van der Waals surface area contributed by atoms with Crippen LogP contribution in [0.25, 0.3) is 11.1 Å². The molecule has 1 aromatic carbocycles. The first-order valence-corrected chi connectivity index (χ1v) is 9.88. The minimum atomic E-state index is -0.209. The Morgan fingerprint density at radius 3 is 3.04 bits per heavy atom. The van der Waals surface area contributed by atoms with Crippen LogP contribution >= 0.6 is 11.3 Å². The fourth-order valence-corrected chi connectivity index (χ4v) is 4.45. The van der Waals surface area contributed by atoms with Crippen LogP contribution in [0.5, 0.6) is 0 Å². The summed E-state index contributed by atoms with van der Waals surface area (Å²) in [6.07, 6.45) is 6.67. The highest BCUT2D eigenvalue weighted by atomic mass is 32.1. The normalized spacial score (nSPS) is 13.6. The Bertz CT molecular complexity index is 907. The van der Waals surface area contributed by atoms with Crippen LogP contribution in [0.4, 0.5) is 10.5 Å². The van der Waals surface area contributed by atoms with Gasteiger partial charge in [0.1, 0.15) is 5.52 Å². The molecule has 1 aliphatic rings. The minimum absolute atomic E-state index is 0.209. The molecule has 2 amide bonds. The number of nitrogens with one attached hydrogen (secondary N) is 2. The topological polar surface area (TPSA) is 80.0 Å². The summed E-state index contributed by atoms with van der Waals surface area (Å²) in [5, 5.41) is 6.93. The predicted octanol–water partition coefficient (Wildman–Crippen LogP) is 4.23. The molecule has 0 saturated heterocycles. The third kappa shape index (κ3) is 3.88. The summed E-state index contributed by atoms with van der Waals surface area (Å²) in [5.74, 6) is 0.616. The molecule has 26 heavy (non-hydrogen) atoms. The first-order chi connectivity index (χ1) is 12.7. The highest BCUT2D eigenvalue weighted by molar-refractivity contribution is 7.11. The van der Waals surface area contributed by atoms with Gasteiger partial charge in [-0.2, -0.15) is 0 Å². The molecule has 0 fully saturated rings. The Morgan fingerprint density at radius 2 is 2.15 bits per heavy atom. The second-order valence-electron chi connectivity index (χ2n) is 6.58. The van der Waals surface area contributed by atoms with E-state index in [0.29, 0.717) is 23.7 Å². The van der Waals surface area contributed by atoms with E-state index >= 15 is 0 Å². The fraction of sp³-hybridized carbons (Fsp3) is 0.421. The maximum Gasteiger partial charge on any atom is 0.319 e. The number of oxazole rings is 1. The van der Waals surface area contributed by atoms with Crippen molar-refractivity contribution in [3.8, 4) is 0 Å². The van der Waals surface area contributed by atoms with Crippen molar-refractivity contribution < 1.29 is 9.21 Å². The lowest BCUT2D eigenvalue weighted by Gasteiger charge is -2.07. The molecule has 3 aromatic rings. The number of hydrogen-bond acceptors (Lipinski definition) is 5. The lowest BCUT2D eigenvalue weighted by Crippen LogP contribution is -2.29. The summed E-state index contributed by atoms with van der Waals surface area (Å²) in [4.78, 5) is 22.5. The molecular formula is C19H22N4O2S. The van der Waals surface area contributed by atoms with Gasteiger partial charge in [-0.3, -0.25) is 0 Å². The van der Waals surface area contributed by atoms with E-state index in [4.69, 9.17) is 9.40 Å². The van der Waals surface area contributed by atoms with Gasteiger partial charge in [0.25, 0.3) is 0 Å². The molecule has 6 nitrogen and oxygen atoms in total. The summed E-state index contributed by atoms with van der Waals surface area (Å²) in [7, 11) is 0. The van der Waals surface area contributed by atoms with E-state index in [1.807, 2.05) is 23.5 Å². The summed E-state index contributed by atoms with van der Waals surface area (Å²) >= 11 is 1.84. The quantitative estimate of drug-likeness (QED) is 0.659. The van der Waals surface area contributed by atoms with Crippen LogP contribution in [0.1, 0.15) is 40.7 Å². The lowest BCUT2D eigenvalue weighted by molar-refractivity contribution is 0.252. The average Bonchev–Trinajstić information content (AvgIpc) is 3.20. The van der Waals surface area contributed by atoms with Crippen molar-refractivity contribution in [2.45, 2.75) is 45.4 Å². The highest BCUT2D eigenvalue weighted by Crippen LogP contribution is 2.27. The van der Waals surface area contributed by atoms with Crippen LogP contribution in [0.2, 0.25) is 0 Å². The molecule has 0 aliphatic heterocycles. The third-order valence-electron chi connectivity index (χ3n) is 4.50. The van der Waals surface area contributed by atoms with Crippen LogP contribution in [0.15, 0.2) is 22.6 Å². The van der Waals surface area contributed by atoms with Crippen LogP contribution in [0.3, 0.4) is 0 Å². The zero-order chi connectivity index (χ0) is 17.9. The van der Waals surface area contributed by atoms with Gasteiger partial charge < -0.3 is 15.1 Å². The van der Waals surface area contributed by atoms with E-state index < -0.39 is 0 Å².